The van der Waals surface area contributed by atoms with Gasteiger partial charge >= 0.3 is 0 Å². The standard InChI is InChI=1S/C23H19ClFN3O2/c1-14-4-2-5-17(10-14)28-20(22-18(23(28)30)6-3-9-26-22)12-21(29)27-13-15-7-8-16(25)11-19(15)24/h2-11,20H,12-13H2,1H3,(H,27,29)/t20-/m1/s1. The molecule has 0 saturated carbocycles. The Balaban J connectivity index is 1.56. The van der Waals surface area contributed by atoms with Crippen molar-refractivity contribution in [3.05, 3.63) is 94.0 Å². The van der Waals surface area contributed by atoms with E-state index in [0.717, 1.165) is 11.3 Å². The molecule has 7 heteroatoms. The topological polar surface area (TPSA) is 62.3 Å². The Kier molecular flexibility index (Phi) is 5.50. The zero-order chi connectivity index (χ0) is 21.3. The summed E-state index contributed by atoms with van der Waals surface area (Å²) in [5.74, 6) is -0.872. The summed E-state index contributed by atoms with van der Waals surface area (Å²) in [7, 11) is 0. The maximum Gasteiger partial charge on any atom is 0.260 e. The van der Waals surface area contributed by atoms with Crippen LogP contribution >= 0.6 is 11.6 Å². The Hall–Kier alpha value is -3.25. The van der Waals surface area contributed by atoms with Crippen molar-refractivity contribution in [2.45, 2.75) is 25.9 Å². The van der Waals surface area contributed by atoms with Gasteiger partial charge in [0, 0.05) is 23.5 Å². The summed E-state index contributed by atoms with van der Waals surface area (Å²) >= 11 is 6.03. The molecule has 4 rings (SSSR count). The highest BCUT2D eigenvalue weighted by Gasteiger charge is 2.39. The number of carbonyl (C=O) groups excluding carboxylic acids is 2. The predicted octanol–water partition coefficient (Wildman–Crippen LogP) is 4.59. The van der Waals surface area contributed by atoms with Crippen LogP contribution in [0.3, 0.4) is 0 Å². The second kappa shape index (κ2) is 8.24. The minimum atomic E-state index is -0.515. The molecule has 1 aliphatic rings. The quantitative estimate of drug-likeness (QED) is 0.652. The Bertz CT molecular complexity index is 1130. The van der Waals surface area contributed by atoms with Crippen LogP contribution in [0.5, 0.6) is 0 Å². The molecular weight excluding hydrogens is 405 g/mol. The van der Waals surface area contributed by atoms with Crippen LogP contribution in [0.15, 0.2) is 60.8 Å². The molecule has 0 saturated heterocycles. The van der Waals surface area contributed by atoms with Crippen LogP contribution in [0.1, 0.15) is 39.6 Å². The van der Waals surface area contributed by atoms with Gasteiger partial charge in [-0.2, -0.15) is 0 Å². The van der Waals surface area contributed by atoms with E-state index < -0.39 is 11.9 Å². The van der Waals surface area contributed by atoms with Crippen molar-refractivity contribution in [3.8, 4) is 0 Å². The van der Waals surface area contributed by atoms with Gasteiger partial charge in [-0.15, -0.1) is 0 Å². The van der Waals surface area contributed by atoms with Crippen LogP contribution in [0.25, 0.3) is 0 Å². The first-order valence-electron chi connectivity index (χ1n) is 9.50. The van der Waals surface area contributed by atoms with Gasteiger partial charge in [0.15, 0.2) is 0 Å². The number of pyridine rings is 1. The fourth-order valence-electron chi connectivity index (χ4n) is 3.63. The molecule has 0 spiro atoms. The molecule has 30 heavy (non-hydrogen) atoms. The molecule has 0 fully saturated rings. The van der Waals surface area contributed by atoms with Gasteiger partial charge < -0.3 is 5.32 Å². The van der Waals surface area contributed by atoms with E-state index in [1.54, 1.807) is 23.2 Å². The third-order valence-corrected chi connectivity index (χ3v) is 5.42. The summed E-state index contributed by atoms with van der Waals surface area (Å²) in [6, 6.07) is 14.5. The molecule has 0 radical (unpaired) electrons. The van der Waals surface area contributed by atoms with Crippen LogP contribution < -0.4 is 10.2 Å². The summed E-state index contributed by atoms with van der Waals surface area (Å²) in [5.41, 5.74) is 3.43. The number of nitrogens with zero attached hydrogens (tertiary/aromatic N) is 2. The van der Waals surface area contributed by atoms with E-state index in [9.17, 15) is 14.0 Å². The van der Waals surface area contributed by atoms with E-state index >= 15 is 0 Å². The minimum Gasteiger partial charge on any atom is -0.352 e. The highest BCUT2D eigenvalue weighted by molar-refractivity contribution is 6.31. The van der Waals surface area contributed by atoms with Gasteiger partial charge in [0.2, 0.25) is 5.91 Å². The van der Waals surface area contributed by atoms with Crippen molar-refractivity contribution in [1.29, 1.82) is 0 Å². The smallest absolute Gasteiger partial charge is 0.260 e. The van der Waals surface area contributed by atoms with Gasteiger partial charge in [-0.1, -0.05) is 29.8 Å². The molecule has 0 unspecified atom stereocenters. The molecular formula is C23H19ClFN3O2. The number of halogens is 2. The van der Waals surface area contributed by atoms with Crippen molar-refractivity contribution < 1.29 is 14.0 Å². The molecule has 0 bridgehead atoms. The summed E-state index contributed by atoms with van der Waals surface area (Å²) in [4.78, 5) is 31.8. The number of benzene rings is 2. The third kappa shape index (κ3) is 3.91. The monoisotopic (exact) mass is 423 g/mol. The number of anilines is 1. The first kappa shape index (κ1) is 20.0. The number of aryl methyl sites for hydroxylation is 1. The van der Waals surface area contributed by atoms with Gasteiger partial charge in [-0.05, 0) is 54.4 Å². The lowest BCUT2D eigenvalue weighted by atomic mass is 10.1. The zero-order valence-corrected chi connectivity index (χ0v) is 17.0. The van der Waals surface area contributed by atoms with Crippen molar-refractivity contribution >= 4 is 29.1 Å². The number of fused-ring (bicyclic) bond motifs is 1. The first-order chi connectivity index (χ1) is 14.4. The Morgan fingerprint density at radius 1 is 1.20 bits per heavy atom. The number of hydrogen-bond acceptors (Lipinski definition) is 3. The van der Waals surface area contributed by atoms with Crippen molar-refractivity contribution in [1.82, 2.24) is 10.3 Å². The SMILES string of the molecule is Cc1cccc(N2C(=O)c3cccnc3[C@H]2CC(=O)NCc2ccc(F)cc2Cl)c1. The second-order valence-electron chi connectivity index (χ2n) is 7.18. The molecule has 1 aromatic heterocycles. The number of hydrogen-bond donors (Lipinski definition) is 1. The molecule has 1 aliphatic heterocycles. The lowest BCUT2D eigenvalue weighted by Gasteiger charge is -2.25. The number of amides is 2. The Labute approximate surface area is 178 Å². The van der Waals surface area contributed by atoms with E-state index in [0.29, 0.717) is 16.8 Å². The lowest BCUT2D eigenvalue weighted by Crippen LogP contribution is -2.33. The maximum atomic E-state index is 13.2. The Morgan fingerprint density at radius 2 is 2.03 bits per heavy atom. The molecule has 1 N–H and O–H groups in total. The largest absolute Gasteiger partial charge is 0.352 e. The molecule has 2 aromatic carbocycles. The molecule has 0 aliphatic carbocycles. The van der Waals surface area contributed by atoms with E-state index in [4.69, 9.17) is 11.6 Å². The average molecular weight is 424 g/mol. The fourth-order valence-corrected chi connectivity index (χ4v) is 3.86. The van der Waals surface area contributed by atoms with Crippen LogP contribution in [0, 0.1) is 12.7 Å². The van der Waals surface area contributed by atoms with E-state index in [1.807, 2.05) is 31.2 Å². The third-order valence-electron chi connectivity index (χ3n) is 5.06. The van der Waals surface area contributed by atoms with E-state index in [-0.39, 0.29) is 29.8 Å². The lowest BCUT2D eigenvalue weighted by molar-refractivity contribution is -0.121. The fraction of sp³-hybridized carbons (Fsp3) is 0.174. The minimum absolute atomic E-state index is 0.0442. The molecule has 5 nitrogen and oxygen atoms in total. The van der Waals surface area contributed by atoms with Gasteiger partial charge in [0.1, 0.15) is 5.82 Å². The molecule has 152 valence electrons. The summed E-state index contributed by atoms with van der Waals surface area (Å²) < 4.78 is 13.2. The zero-order valence-electron chi connectivity index (χ0n) is 16.2. The number of rotatable bonds is 5. The van der Waals surface area contributed by atoms with Gasteiger partial charge in [-0.25, -0.2) is 4.39 Å². The number of carbonyl (C=O) groups is 2. The molecule has 2 amide bonds. The van der Waals surface area contributed by atoms with Crippen LogP contribution in [-0.4, -0.2) is 16.8 Å². The summed E-state index contributed by atoms with van der Waals surface area (Å²) in [6.45, 7) is 2.11. The van der Waals surface area contributed by atoms with Crippen molar-refractivity contribution in [2.75, 3.05) is 4.90 Å². The molecule has 1 atom stereocenters. The molecule has 3 aromatic rings. The van der Waals surface area contributed by atoms with Crippen molar-refractivity contribution in [3.63, 3.8) is 0 Å². The van der Waals surface area contributed by atoms with E-state index in [2.05, 4.69) is 10.3 Å². The van der Waals surface area contributed by atoms with Gasteiger partial charge in [0.05, 0.1) is 23.7 Å². The maximum absolute atomic E-state index is 13.2. The molecule has 2 heterocycles. The Morgan fingerprint density at radius 3 is 2.80 bits per heavy atom. The van der Waals surface area contributed by atoms with Gasteiger partial charge in [-0.3, -0.25) is 19.5 Å². The van der Waals surface area contributed by atoms with Gasteiger partial charge in [0.25, 0.3) is 5.91 Å². The first-order valence-corrected chi connectivity index (χ1v) is 9.87. The predicted molar refractivity (Wildman–Crippen MR) is 113 cm³/mol. The highest BCUT2D eigenvalue weighted by atomic mass is 35.5. The normalized spacial score (nSPS) is 15.2. The second-order valence-corrected chi connectivity index (χ2v) is 7.59. The summed E-state index contributed by atoms with van der Waals surface area (Å²) in [5, 5.41) is 3.05. The van der Waals surface area contributed by atoms with E-state index in [1.165, 1.54) is 18.2 Å². The number of nitrogens with one attached hydrogen (secondary N) is 1. The van der Waals surface area contributed by atoms with Crippen LogP contribution in [-0.2, 0) is 11.3 Å². The van der Waals surface area contributed by atoms with Crippen LogP contribution in [0.4, 0.5) is 10.1 Å². The number of aromatic nitrogens is 1. The highest BCUT2D eigenvalue weighted by Crippen LogP contribution is 2.38. The summed E-state index contributed by atoms with van der Waals surface area (Å²) in [6.07, 6.45) is 1.66. The van der Waals surface area contributed by atoms with Crippen molar-refractivity contribution in [2.24, 2.45) is 0 Å². The average Bonchev–Trinajstić information content (AvgIpc) is 2.99. The van der Waals surface area contributed by atoms with Crippen LogP contribution in [0.2, 0.25) is 5.02 Å².